The van der Waals surface area contributed by atoms with E-state index in [9.17, 15) is 13.6 Å². The summed E-state index contributed by atoms with van der Waals surface area (Å²) in [6.45, 7) is 0. The van der Waals surface area contributed by atoms with Crippen LogP contribution in [0.15, 0.2) is 45.3 Å². The van der Waals surface area contributed by atoms with Gasteiger partial charge in [0.2, 0.25) is 5.95 Å². The van der Waals surface area contributed by atoms with Gasteiger partial charge >= 0.3 is 0 Å². The molecule has 1 aliphatic heterocycles. The molecule has 0 amide bonds. The van der Waals surface area contributed by atoms with Gasteiger partial charge in [-0.25, -0.2) is 18.8 Å². The molecule has 2 heterocycles. The first-order chi connectivity index (χ1) is 10.5. The molecule has 0 spiro atoms. The zero-order valence-corrected chi connectivity index (χ0v) is 11.8. The van der Waals surface area contributed by atoms with E-state index in [0.29, 0.717) is 10.9 Å². The molecular formula is C13H10ClF2N5O. The van der Waals surface area contributed by atoms with Crippen LogP contribution in [0.3, 0.4) is 0 Å². The van der Waals surface area contributed by atoms with Crippen LogP contribution in [0.1, 0.15) is 0 Å². The summed E-state index contributed by atoms with van der Waals surface area (Å²) < 4.78 is 25.5. The number of aromatic nitrogens is 2. The predicted molar refractivity (Wildman–Crippen MR) is 80.2 cm³/mol. The molecule has 6 nitrogen and oxygen atoms in total. The number of hydrogen-bond acceptors (Lipinski definition) is 5. The van der Waals surface area contributed by atoms with Crippen LogP contribution in [-0.2, 0) is 0 Å². The van der Waals surface area contributed by atoms with Crippen molar-refractivity contribution in [1.29, 1.82) is 0 Å². The molecule has 0 saturated heterocycles. The monoisotopic (exact) mass is 325 g/mol. The number of nitrogens with zero attached hydrogens (tertiary/aromatic N) is 3. The molecule has 0 radical (unpaired) electrons. The number of fused-ring (bicyclic) bond motifs is 1. The molecule has 1 aliphatic rings. The maximum Gasteiger partial charge on any atom is 0.281 e. The van der Waals surface area contributed by atoms with Crippen LogP contribution in [0.2, 0.25) is 0 Å². The Morgan fingerprint density at radius 2 is 2.09 bits per heavy atom. The molecule has 114 valence electrons. The van der Waals surface area contributed by atoms with Gasteiger partial charge in [0.25, 0.3) is 12.0 Å². The summed E-state index contributed by atoms with van der Waals surface area (Å²) in [5.74, 6) is 0.0754. The van der Waals surface area contributed by atoms with Gasteiger partial charge in [0.1, 0.15) is 5.71 Å². The Hall–Kier alpha value is -2.32. The SMILES string of the molecule is NC1N=C(C(F)F)C(Cl)=CN1c1nc2ccccc2c(=O)[nH]1. The summed E-state index contributed by atoms with van der Waals surface area (Å²) in [5, 5.41) is 0.149. The summed E-state index contributed by atoms with van der Waals surface area (Å²) >= 11 is 5.78. The summed E-state index contributed by atoms with van der Waals surface area (Å²) in [6, 6.07) is 6.71. The Balaban J connectivity index is 2.08. The molecule has 1 aromatic carbocycles. The van der Waals surface area contributed by atoms with Crippen molar-refractivity contribution in [2.75, 3.05) is 4.90 Å². The topological polar surface area (TPSA) is 87.4 Å². The third kappa shape index (κ3) is 2.46. The minimum absolute atomic E-state index is 0.0754. The van der Waals surface area contributed by atoms with Crippen molar-refractivity contribution in [3.63, 3.8) is 0 Å². The minimum atomic E-state index is -2.83. The molecule has 0 aliphatic carbocycles. The largest absolute Gasteiger partial charge is 0.292 e. The van der Waals surface area contributed by atoms with Crippen LogP contribution in [0, 0.1) is 0 Å². The van der Waals surface area contributed by atoms with Crippen LogP contribution in [-0.4, -0.2) is 28.4 Å². The Kier molecular flexibility index (Phi) is 3.63. The van der Waals surface area contributed by atoms with Crippen molar-refractivity contribution in [2.45, 2.75) is 12.7 Å². The predicted octanol–water partition coefficient (Wildman–Crippen LogP) is 1.77. The van der Waals surface area contributed by atoms with Gasteiger partial charge in [0, 0.05) is 6.20 Å². The highest BCUT2D eigenvalue weighted by atomic mass is 35.5. The van der Waals surface area contributed by atoms with Gasteiger partial charge in [-0.15, -0.1) is 0 Å². The smallest absolute Gasteiger partial charge is 0.281 e. The third-order valence-electron chi connectivity index (χ3n) is 3.11. The van der Waals surface area contributed by atoms with E-state index in [-0.39, 0.29) is 16.5 Å². The zero-order valence-electron chi connectivity index (χ0n) is 11.0. The second-order valence-electron chi connectivity index (χ2n) is 4.52. The van der Waals surface area contributed by atoms with Gasteiger partial charge in [-0.2, -0.15) is 0 Å². The van der Waals surface area contributed by atoms with E-state index in [0.717, 1.165) is 0 Å². The van der Waals surface area contributed by atoms with Gasteiger partial charge in [-0.05, 0) is 12.1 Å². The number of benzene rings is 1. The quantitative estimate of drug-likeness (QED) is 0.881. The number of halogens is 3. The molecule has 1 aromatic heterocycles. The number of aliphatic imine (C=N–C) groups is 1. The highest BCUT2D eigenvalue weighted by molar-refractivity contribution is 6.44. The van der Waals surface area contributed by atoms with E-state index in [4.69, 9.17) is 17.3 Å². The lowest BCUT2D eigenvalue weighted by Gasteiger charge is -2.27. The molecule has 0 bridgehead atoms. The molecule has 2 aromatic rings. The van der Waals surface area contributed by atoms with E-state index >= 15 is 0 Å². The van der Waals surface area contributed by atoms with Crippen molar-refractivity contribution in [2.24, 2.45) is 10.7 Å². The summed E-state index contributed by atoms with van der Waals surface area (Å²) in [7, 11) is 0. The van der Waals surface area contributed by atoms with Crippen molar-refractivity contribution >= 4 is 34.2 Å². The first-order valence-corrected chi connectivity index (χ1v) is 6.61. The second-order valence-corrected chi connectivity index (χ2v) is 4.93. The highest BCUT2D eigenvalue weighted by Crippen LogP contribution is 2.23. The summed E-state index contributed by atoms with van der Waals surface area (Å²) in [5.41, 5.74) is 5.22. The Labute approximate surface area is 127 Å². The highest BCUT2D eigenvalue weighted by Gasteiger charge is 2.27. The first kappa shape index (κ1) is 14.6. The number of nitrogens with one attached hydrogen (secondary N) is 1. The lowest BCUT2D eigenvalue weighted by Crippen LogP contribution is -2.43. The number of hydrogen-bond donors (Lipinski definition) is 2. The fourth-order valence-corrected chi connectivity index (χ4v) is 2.31. The van der Waals surface area contributed by atoms with E-state index in [1.807, 2.05) is 0 Å². The summed E-state index contributed by atoms with van der Waals surface area (Å²) in [6.07, 6.45) is -2.82. The molecular weight excluding hydrogens is 316 g/mol. The zero-order chi connectivity index (χ0) is 15.9. The number of nitrogens with two attached hydrogens (primary N) is 1. The van der Waals surface area contributed by atoms with E-state index in [2.05, 4.69) is 15.0 Å². The lowest BCUT2D eigenvalue weighted by molar-refractivity contribution is 0.225. The van der Waals surface area contributed by atoms with Crippen molar-refractivity contribution in [3.05, 3.63) is 45.9 Å². The summed E-state index contributed by atoms with van der Waals surface area (Å²) in [4.78, 5) is 23.7. The van der Waals surface area contributed by atoms with Gasteiger partial charge in [0.15, 0.2) is 6.29 Å². The number of anilines is 1. The Morgan fingerprint density at radius 1 is 1.36 bits per heavy atom. The lowest BCUT2D eigenvalue weighted by atomic mass is 10.2. The first-order valence-electron chi connectivity index (χ1n) is 6.24. The second kappa shape index (κ2) is 5.47. The molecule has 0 saturated carbocycles. The number of aromatic amines is 1. The molecule has 22 heavy (non-hydrogen) atoms. The van der Waals surface area contributed by atoms with E-state index < -0.39 is 18.4 Å². The third-order valence-corrected chi connectivity index (χ3v) is 3.40. The number of allylic oxidation sites excluding steroid dienone is 1. The molecule has 3 N–H and O–H groups in total. The van der Waals surface area contributed by atoms with Gasteiger partial charge in [0.05, 0.1) is 15.9 Å². The van der Waals surface area contributed by atoms with Crippen molar-refractivity contribution in [3.8, 4) is 0 Å². The molecule has 1 unspecified atom stereocenters. The molecule has 3 rings (SSSR count). The average molecular weight is 326 g/mol. The van der Waals surface area contributed by atoms with Crippen LogP contribution >= 0.6 is 11.6 Å². The van der Waals surface area contributed by atoms with Crippen LogP contribution < -0.4 is 16.2 Å². The van der Waals surface area contributed by atoms with E-state index in [1.165, 1.54) is 11.1 Å². The van der Waals surface area contributed by atoms with Crippen LogP contribution in [0.25, 0.3) is 10.9 Å². The Bertz CT molecular complexity index is 848. The molecule has 9 heteroatoms. The van der Waals surface area contributed by atoms with Gasteiger partial charge in [-0.3, -0.25) is 20.4 Å². The normalized spacial score (nSPS) is 18.6. The number of rotatable bonds is 2. The number of alkyl halides is 2. The fraction of sp³-hybridized carbons (Fsp3) is 0.154. The average Bonchev–Trinajstić information content (AvgIpc) is 2.49. The van der Waals surface area contributed by atoms with Crippen LogP contribution in [0.5, 0.6) is 0 Å². The van der Waals surface area contributed by atoms with Crippen molar-refractivity contribution < 1.29 is 8.78 Å². The van der Waals surface area contributed by atoms with Gasteiger partial charge < -0.3 is 0 Å². The standard InChI is InChI=1S/C13H10ClF2N5O/c14-7-5-21(12(17)19-9(7)10(15)16)13-18-8-4-2-1-3-6(8)11(22)20-13/h1-5,10,12H,17H2,(H,18,20,22). The molecule has 1 atom stereocenters. The van der Waals surface area contributed by atoms with E-state index in [1.54, 1.807) is 24.3 Å². The van der Waals surface area contributed by atoms with Crippen LogP contribution in [0.4, 0.5) is 14.7 Å². The maximum atomic E-state index is 12.7. The van der Waals surface area contributed by atoms with Gasteiger partial charge in [-0.1, -0.05) is 23.7 Å². The maximum absolute atomic E-state index is 12.7. The molecule has 0 fully saturated rings. The minimum Gasteiger partial charge on any atom is -0.292 e. The fourth-order valence-electron chi connectivity index (χ4n) is 2.07. The van der Waals surface area contributed by atoms with Crippen molar-refractivity contribution in [1.82, 2.24) is 9.97 Å². The number of para-hydroxylation sites is 1. The number of H-pyrrole nitrogens is 1. The Morgan fingerprint density at radius 3 is 2.82 bits per heavy atom.